The van der Waals surface area contributed by atoms with Crippen molar-refractivity contribution >= 4 is 0 Å². The molecule has 1 heterocycles. The lowest BCUT2D eigenvalue weighted by atomic mass is 10.7. The Balaban J connectivity index is 0.000000640. The normalized spacial score (nSPS) is 8.67. The minimum atomic E-state index is 0. The number of halogens is 1. The van der Waals surface area contributed by atoms with E-state index in [4.69, 9.17) is 0 Å². The Kier molecular flexibility index (Phi) is 3.32. The quantitative estimate of drug-likeness (QED) is 0.383. The maximum Gasteiger partial charge on any atom is 0.195 e. The summed E-state index contributed by atoms with van der Waals surface area (Å²) in [4.78, 5) is 0. The third-order valence-electron chi connectivity index (χ3n) is 1.29. The highest BCUT2D eigenvalue weighted by molar-refractivity contribution is 4.70. The fourth-order valence-electron chi connectivity index (χ4n) is 0.782. The number of aryl methyl sites for hydroxylation is 2. The maximum absolute atomic E-state index is 2.12. The zero-order valence-electron chi connectivity index (χ0n) is 5.71. The van der Waals surface area contributed by atoms with Gasteiger partial charge in [-0.1, -0.05) is 0 Å². The van der Waals surface area contributed by atoms with Crippen molar-refractivity contribution < 1.29 is 17.1 Å². The van der Waals surface area contributed by atoms with Crippen LogP contribution in [0, 0.1) is 0 Å². The van der Waals surface area contributed by atoms with Crippen molar-refractivity contribution in [3.8, 4) is 0 Å². The van der Waals surface area contributed by atoms with E-state index in [0.717, 1.165) is 6.54 Å². The second-order valence-electron chi connectivity index (χ2n) is 1.82. The minimum Gasteiger partial charge on any atom is -1.00 e. The van der Waals surface area contributed by atoms with Crippen molar-refractivity contribution in [2.45, 2.75) is 13.5 Å². The molecule has 0 unspecified atom stereocenters. The Hall–Kier alpha value is -0.500. The van der Waals surface area contributed by atoms with E-state index in [1.165, 1.54) is 0 Å². The number of aromatic nitrogens is 2. The number of nitrogens with zero attached hydrogens (tertiary/aromatic N) is 2. The average molecular weight is 147 g/mol. The lowest BCUT2D eigenvalue weighted by molar-refractivity contribution is -0.753. The van der Waals surface area contributed by atoms with E-state index in [0.29, 0.717) is 0 Å². The van der Waals surface area contributed by atoms with Gasteiger partial charge in [-0.2, -0.15) is 4.68 Å². The van der Waals surface area contributed by atoms with Crippen molar-refractivity contribution in [1.29, 1.82) is 0 Å². The average Bonchev–Trinajstić information content (AvgIpc) is 2.14. The molecule has 52 valence electrons. The van der Waals surface area contributed by atoms with Gasteiger partial charge in [-0.3, -0.25) is 0 Å². The molecule has 0 N–H and O–H groups in total. The van der Waals surface area contributed by atoms with Crippen LogP contribution in [0.1, 0.15) is 6.92 Å². The molecule has 0 bridgehead atoms. The maximum atomic E-state index is 2.12. The van der Waals surface area contributed by atoms with E-state index >= 15 is 0 Å². The first-order valence-corrected chi connectivity index (χ1v) is 2.85. The molecule has 0 radical (unpaired) electrons. The molecule has 0 saturated heterocycles. The van der Waals surface area contributed by atoms with Gasteiger partial charge in [0.25, 0.3) is 0 Å². The Morgan fingerprint density at radius 1 is 1.56 bits per heavy atom. The summed E-state index contributed by atoms with van der Waals surface area (Å²) >= 11 is 0. The summed E-state index contributed by atoms with van der Waals surface area (Å²) in [5, 5.41) is 0. The number of hydrogen-bond donors (Lipinski definition) is 0. The summed E-state index contributed by atoms with van der Waals surface area (Å²) < 4.78 is 4.18. The predicted molar refractivity (Wildman–Crippen MR) is 31.3 cm³/mol. The lowest BCUT2D eigenvalue weighted by Gasteiger charge is -1.89. The van der Waals surface area contributed by atoms with Crippen LogP contribution in [0.2, 0.25) is 0 Å². The van der Waals surface area contributed by atoms with E-state index < -0.39 is 0 Å². The van der Waals surface area contributed by atoms with Gasteiger partial charge in [0, 0.05) is 6.07 Å². The van der Waals surface area contributed by atoms with Crippen LogP contribution in [0.15, 0.2) is 18.5 Å². The molecule has 1 aromatic heterocycles. The van der Waals surface area contributed by atoms with Crippen molar-refractivity contribution in [2.75, 3.05) is 0 Å². The largest absolute Gasteiger partial charge is 1.00 e. The van der Waals surface area contributed by atoms with E-state index in [-0.39, 0.29) is 12.4 Å². The van der Waals surface area contributed by atoms with Gasteiger partial charge >= 0.3 is 0 Å². The van der Waals surface area contributed by atoms with Crippen LogP contribution >= 0.6 is 0 Å². The first kappa shape index (κ1) is 8.50. The topological polar surface area (TPSA) is 8.81 Å². The summed E-state index contributed by atoms with van der Waals surface area (Å²) in [6, 6.07) is 2.03. The smallest absolute Gasteiger partial charge is 0.195 e. The third-order valence-corrected chi connectivity index (χ3v) is 1.29. The summed E-state index contributed by atoms with van der Waals surface area (Å²) in [6.07, 6.45) is 4.09. The summed E-state index contributed by atoms with van der Waals surface area (Å²) in [7, 11) is 2.03. The molecule has 0 aromatic carbocycles. The monoisotopic (exact) mass is 146 g/mol. The molecule has 0 aliphatic heterocycles. The van der Waals surface area contributed by atoms with E-state index in [2.05, 4.69) is 22.5 Å². The van der Waals surface area contributed by atoms with Crippen molar-refractivity contribution in [1.82, 2.24) is 4.68 Å². The molecule has 0 aliphatic rings. The standard InChI is InChI=1S/C6H11N2.ClH/c1-3-8-6-4-5-7(8)2;/h4-6H,3H2,1-2H3;1H/q+1;/p-1. The van der Waals surface area contributed by atoms with Crippen molar-refractivity contribution in [2.24, 2.45) is 7.05 Å². The number of hydrogen-bond acceptors (Lipinski definition) is 0. The van der Waals surface area contributed by atoms with Crippen molar-refractivity contribution in [3.63, 3.8) is 0 Å². The first-order valence-electron chi connectivity index (χ1n) is 2.85. The van der Waals surface area contributed by atoms with Gasteiger partial charge in [-0.05, 0) is 6.92 Å². The van der Waals surface area contributed by atoms with Gasteiger partial charge in [-0.15, -0.1) is 4.68 Å². The minimum absolute atomic E-state index is 0. The van der Waals surface area contributed by atoms with Crippen LogP contribution in [0.3, 0.4) is 0 Å². The summed E-state index contributed by atoms with van der Waals surface area (Å²) in [6.45, 7) is 3.17. The van der Waals surface area contributed by atoms with Gasteiger partial charge in [0.15, 0.2) is 13.2 Å². The van der Waals surface area contributed by atoms with Crippen LogP contribution in [-0.4, -0.2) is 4.68 Å². The molecule has 0 saturated carbocycles. The van der Waals surface area contributed by atoms with Crippen LogP contribution < -0.4 is 17.1 Å². The zero-order valence-corrected chi connectivity index (χ0v) is 6.47. The van der Waals surface area contributed by atoms with Gasteiger partial charge in [0.2, 0.25) is 0 Å². The molecule has 0 spiro atoms. The van der Waals surface area contributed by atoms with Crippen LogP contribution in [0.25, 0.3) is 0 Å². The summed E-state index contributed by atoms with van der Waals surface area (Å²) in [5.41, 5.74) is 0. The highest BCUT2D eigenvalue weighted by Gasteiger charge is 1.94. The highest BCUT2D eigenvalue weighted by Crippen LogP contribution is 1.77. The second kappa shape index (κ2) is 3.51. The Morgan fingerprint density at radius 3 is 2.44 bits per heavy atom. The molecular weight excluding hydrogens is 136 g/mol. The number of rotatable bonds is 1. The van der Waals surface area contributed by atoms with Crippen LogP contribution in [0.4, 0.5) is 0 Å². The van der Waals surface area contributed by atoms with Crippen LogP contribution in [-0.2, 0) is 13.6 Å². The van der Waals surface area contributed by atoms with Gasteiger partial charge < -0.3 is 12.4 Å². The van der Waals surface area contributed by atoms with E-state index in [1.807, 2.05) is 19.3 Å². The Morgan fingerprint density at radius 2 is 2.22 bits per heavy atom. The second-order valence-corrected chi connectivity index (χ2v) is 1.82. The van der Waals surface area contributed by atoms with E-state index in [1.54, 1.807) is 0 Å². The first-order chi connectivity index (χ1) is 3.84. The summed E-state index contributed by atoms with van der Waals surface area (Å²) in [5.74, 6) is 0. The molecule has 1 rings (SSSR count). The molecule has 9 heavy (non-hydrogen) atoms. The zero-order chi connectivity index (χ0) is 5.98. The molecule has 0 fully saturated rings. The van der Waals surface area contributed by atoms with Gasteiger partial charge in [0.1, 0.15) is 0 Å². The van der Waals surface area contributed by atoms with E-state index in [9.17, 15) is 0 Å². The molecule has 3 heteroatoms. The fourth-order valence-corrected chi connectivity index (χ4v) is 0.782. The molecular formula is C6H11ClN2. The Labute approximate surface area is 61.5 Å². The van der Waals surface area contributed by atoms with Crippen LogP contribution in [0.5, 0.6) is 0 Å². The molecule has 0 amide bonds. The predicted octanol–water partition coefficient (Wildman–Crippen LogP) is -2.66. The molecule has 0 atom stereocenters. The lowest BCUT2D eigenvalue weighted by Crippen LogP contribution is -3.00. The fraction of sp³-hybridized carbons (Fsp3) is 0.500. The van der Waals surface area contributed by atoms with Gasteiger partial charge in [-0.25, -0.2) is 0 Å². The SMILES string of the molecule is CCn1ccc[n+]1C.[Cl-]. The molecule has 2 nitrogen and oxygen atoms in total. The van der Waals surface area contributed by atoms with Gasteiger partial charge in [0.05, 0.1) is 12.7 Å². The molecule has 0 aliphatic carbocycles. The molecule has 1 aromatic rings. The highest BCUT2D eigenvalue weighted by atomic mass is 35.5. The third kappa shape index (κ3) is 1.72. The Bertz CT molecular complexity index is 171. The van der Waals surface area contributed by atoms with Crippen molar-refractivity contribution in [3.05, 3.63) is 18.5 Å².